The maximum Gasteiger partial charge on any atom is 0.417 e. The molecule has 0 amide bonds. The Kier molecular flexibility index (Phi) is 5.82. The fraction of sp³-hybridized carbons (Fsp3) is 0.250. The van der Waals surface area contributed by atoms with Crippen LogP contribution in [0.1, 0.15) is 25.0 Å². The van der Waals surface area contributed by atoms with Crippen LogP contribution in [0.15, 0.2) is 24.3 Å². The first kappa shape index (κ1) is 18.3. The highest BCUT2D eigenvalue weighted by Gasteiger charge is 2.20. The lowest BCUT2D eigenvalue weighted by molar-refractivity contribution is 0.406. The normalized spacial score (nSPS) is 11.0. The maximum absolute atomic E-state index is 13.8. The monoisotopic (exact) mass is 362 g/mol. The molecule has 0 spiro atoms. The van der Waals surface area contributed by atoms with E-state index in [-0.39, 0.29) is 24.0 Å². The predicted molar refractivity (Wildman–Crippen MR) is 80.9 cm³/mol. The molecule has 0 heterocycles. The summed E-state index contributed by atoms with van der Waals surface area (Å²) < 4.78 is 75.8. The molecule has 3 nitrogen and oxygen atoms in total. The van der Waals surface area contributed by atoms with E-state index in [0.717, 1.165) is 12.1 Å². The van der Waals surface area contributed by atoms with Gasteiger partial charge in [-0.1, -0.05) is 26.0 Å². The Balaban J connectivity index is 2.18. The lowest BCUT2D eigenvalue weighted by Gasteiger charge is -2.10. The van der Waals surface area contributed by atoms with Crippen LogP contribution in [0.3, 0.4) is 0 Å². The van der Waals surface area contributed by atoms with Crippen molar-refractivity contribution in [2.75, 3.05) is 0 Å². The predicted octanol–water partition coefficient (Wildman–Crippen LogP) is 4.40. The molecular formula is C16H14F4O3S. The first-order chi connectivity index (χ1) is 11.4. The van der Waals surface area contributed by atoms with E-state index in [1.165, 1.54) is 12.1 Å². The van der Waals surface area contributed by atoms with Gasteiger partial charge in [0.15, 0.2) is 23.1 Å². The molecule has 0 atom stereocenters. The summed E-state index contributed by atoms with van der Waals surface area (Å²) in [6, 6.07) is 4.69. The summed E-state index contributed by atoms with van der Waals surface area (Å²) in [6.45, 7) is 3.27. The zero-order valence-corrected chi connectivity index (χ0v) is 13.7. The van der Waals surface area contributed by atoms with E-state index in [2.05, 4.69) is 8.37 Å². The molecule has 2 aromatic carbocycles. The van der Waals surface area contributed by atoms with E-state index in [4.69, 9.17) is 0 Å². The van der Waals surface area contributed by atoms with Crippen molar-refractivity contribution in [2.24, 2.45) is 0 Å². The summed E-state index contributed by atoms with van der Waals surface area (Å²) in [4.78, 5) is 0. The van der Waals surface area contributed by atoms with Gasteiger partial charge in [0.1, 0.15) is 0 Å². The summed E-state index contributed by atoms with van der Waals surface area (Å²) in [6.07, 6.45) is 0.522. The molecular weight excluding hydrogens is 348 g/mol. The fourth-order valence-electron chi connectivity index (χ4n) is 1.98. The van der Waals surface area contributed by atoms with Crippen LogP contribution in [-0.2, 0) is 24.2 Å². The van der Waals surface area contributed by atoms with Crippen molar-refractivity contribution in [3.8, 4) is 11.5 Å². The van der Waals surface area contributed by atoms with Crippen molar-refractivity contribution in [3.63, 3.8) is 0 Å². The van der Waals surface area contributed by atoms with E-state index in [0.29, 0.717) is 0 Å². The number of aryl methyl sites for hydroxylation is 2. The highest BCUT2D eigenvalue weighted by Crippen LogP contribution is 2.26. The number of benzene rings is 2. The van der Waals surface area contributed by atoms with Gasteiger partial charge >= 0.3 is 11.4 Å². The van der Waals surface area contributed by atoms with E-state index in [1.54, 1.807) is 13.8 Å². The largest absolute Gasteiger partial charge is 0.417 e. The molecule has 0 aliphatic heterocycles. The molecule has 0 fully saturated rings. The molecule has 0 aliphatic carbocycles. The highest BCUT2D eigenvalue weighted by molar-refractivity contribution is 7.75. The lowest BCUT2D eigenvalue weighted by Crippen LogP contribution is -2.11. The van der Waals surface area contributed by atoms with Crippen LogP contribution in [0.4, 0.5) is 17.6 Å². The number of hydrogen-bond donors (Lipinski definition) is 0. The third kappa shape index (κ3) is 3.69. The van der Waals surface area contributed by atoms with Crippen LogP contribution in [0.5, 0.6) is 11.5 Å². The summed E-state index contributed by atoms with van der Waals surface area (Å²) in [5, 5.41) is 0. The van der Waals surface area contributed by atoms with Crippen LogP contribution in [0, 0.1) is 23.3 Å². The molecule has 8 heteroatoms. The van der Waals surface area contributed by atoms with Gasteiger partial charge in [-0.05, 0) is 36.1 Å². The summed E-state index contributed by atoms with van der Waals surface area (Å²) in [5.74, 6) is -6.24. The molecule has 0 bridgehead atoms. The maximum atomic E-state index is 13.8. The minimum atomic E-state index is -2.69. The van der Waals surface area contributed by atoms with E-state index >= 15 is 0 Å². The minimum Gasteiger partial charge on any atom is -0.368 e. The molecule has 0 saturated carbocycles. The van der Waals surface area contributed by atoms with Gasteiger partial charge in [-0.15, -0.1) is 0 Å². The molecule has 0 aromatic heterocycles. The van der Waals surface area contributed by atoms with Gasteiger partial charge in [0.05, 0.1) is 0 Å². The minimum absolute atomic E-state index is 0.120. The van der Waals surface area contributed by atoms with Crippen LogP contribution in [-0.4, -0.2) is 4.21 Å². The van der Waals surface area contributed by atoms with Crippen molar-refractivity contribution >= 4 is 11.4 Å². The van der Waals surface area contributed by atoms with Gasteiger partial charge < -0.3 is 8.37 Å². The third-order valence-corrected chi connectivity index (χ3v) is 3.96. The topological polar surface area (TPSA) is 35.5 Å². The average Bonchev–Trinajstić information content (AvgIpc) is 2.56. The third-order valence-electron chi connectivity index (χ3n) is 3.33. The van der Waals surface area contributed by atoms with Gasteiger partial charge in [-0.25, -0.2) is 8.78 Å². The molecule has 0 unspecified atom stereocenters. The van der Waals surface area contributed by atoms with Gasteiger partial charge in [0.2, 0.25) is 11.6 Å². The number of hydrogen-bond acceptors (Lipinski definition) is 3. The highest BCUT2D eigenvalue weighted by atomic mass is 32.2. The first-order valence-corrected chi connectivity index (χ1v) is 8.11. The van der Waals surface area contributed by atoms with Crippen molar-refractivity contribution in [1.29, 1.82) is 0 Å². The van der Waals surface area contributed by atoms with Gasteiger partial charge in [0.25, 0.3) is 0 Å². The Labute approximate surface area is 139 Å². The summed E-state index contributed by atoms with van der Waals surface area (Å²) in [7, 11) is 0. The summed E-state index contributed by atoms with van der Waals surface area (Å²) >= 11 is -2.69. The molecule has 24 heavy (non-hydrogen) atoms. The zero-order valence-electron chi connectivity index (χ0n) is 12.9. The number of rotatable bonds is 6. The quantitative estimate of drug-likeness (QED) is 0.715. The van der Waals surface area contributed by atoms with Gasteiger partial charge in [-0.2, -0.15) is 13.0 Å². The van der Waals surface area contributed by atoms with Gasteiger partial charge in [-0.3, -0.25) is 0 Å². The van der Waals surface area contributed by atoms with Crippen molar-refractivity contribution < 1.29 is 30.1 Å². The Bertz CT molecular complexity index is 717. The molecule has 0 aliphatic rings. The molecule has 0 radical (unpaired) electrons. The van der Waals surface area contributed by atoms with E-state index in [1.807, 2.05) is 0 Å². The molecule has 0 saturated heterocycles. The van der Waals surface area contributed by atoms with E-state index < -0.39 is 46.1 Å². The fourth-order valence-corrected chi connectivity index (χ4v) is 2.57. The first-order valence-electron chi connectivity index (χ1n) is 7.11. The average molecular weight is 362 g/mol. The second-order valence-electron chi connectivity index (χ2n) is 4.78. The van der Waals surface area contributed by atoms with Crippen LogP contribution < -0.4 is 8.37 Å². The standard InChI is InChI=1S/C16H14F4O3S/c1-3-9-5-7-11(15(19)13(9)17)22-24(21)23-12-8-6-10(4-2)14(18)16(12)20/h5-8H,3-4H2,1-2H3. The zero-order chi connectivity index (χ0) is 17.9. The Morgan fingerprint density at radius 3 is 1.46 bits per heavy atom. The van der Waals surface area contributed by atoms with Crippen molar-refractivity contribution in [2.45, 2.75) is 26.7 Å². The summed E-state index contributed by atoms with van der Waals surface area (Å²) in [5.41, 5.74) is 0.240. The SMILES string of the molecule is CCc1ccc(OS(=O)Oc2ccc(CC)c(F)c2F)c(F)c1F. The van der Waals surface area contributed by atoms with Crippen LogP contribution in [0.25, 0.3) is 0 Å². The Hall–Kier alpha value is -2.09. The van der Waals surface area contributed by atoms with Crippen LogP contribution >= 0.6 is 0 Å². The van der Waals surface area contributed by atoms with Crippen molar-refractivity contribution in [1.82, 2.24) is 0 Å². The second kappa shape index (κ2) is 7.65. The van der Waals surface area contributed by atoms with Crippen LogP contribution in [0.2, 0.25) is 0 Å². The Morgan fingerprint density at radius 2 is 1.12 bits per heavy atom. The second-order valence-corrected chi connectivity index (χ2v) is 5.52. The Morgan fingerprint density at radius 1 is 0.750 bits per heavy atom. The molecule has 2 rings (SSSR count). The van der Waals surface area contributed by atoms with E-state index in [9.17, 15) is 21.8 Å². The van der Waals surface area contributed by atoms with Crippen molar-refractivity contribution in [3.05, 3.63) is 58.7 Å². The lowest BCUT2D eigenvalue weighted by atomic mass is 10.1. The van der Waals surface area contributed by atoms with Gasteiger partial charge in [0, 0.05) is 0 Å². The number of halogens is 4. The smallest absolute Gasteiger partial charge is 0.368 e. The molecule has 0 N–H and O–H groups in total. The molecule has 2 aromatic rings. The molecule has 130 valence electrons.